The van der Waals surface area contributed by atoms with Gasteiger partial charge in [0.15, 0.2) is 0 Å². The molecule has 0 unspecified atom stereocenters. The molecule has 4 heterocycles. The number of carbonyl (C=O) groups excluding carboxylic acids is 3. The van der Waals surface area contributed by atoms with Crippen LogP contribution in [0.3, 0.4) is 0 Å². The summed E-state index contributed by atoms with van der Waals surface area (Å²) in [4.78, 5) is 46.5. The van der Waals surface area contributed by atoms with Crippen LogP contribution in [0.4, 0.5) is 4.79 Å². The zero-order chi connectivity index (χ0) is 22.3. The molecule has 174 valence electrons. The first-order valence-electron chi connectivity index (χ1n) is 11.1. The van der Waals surface area contributed by atoms with Crippen LogP contribution in [0.25, 0.3) is 0 Å². The summed E-state index contributed by atoms with van der Waals surface area (Å²) in [6.07, 6.45) is 4.45. The predicted molar refractivity (Wildman–Crippen MR) is 112 cm³/mol. The zero-order valence-electron chi connectivity index (χ0n) is 18.2. The van der Waals surface area contributed by atoms with Crippen LogP contribution in [0.5, 0.6) is 0 Å². The SMILES string of the molecule is O=C(CN1CCOC1=O)N1CC(=O)N(CC2CCOCC2)C[C@H](OCc2cccnc2)C1. The van der Waals surface area contributed by atoms with E-state index >= 15 is 0 Å². The van der Waals surface area contributed by atoms with Gasteiger partial charge in [-0.15, -0.1) is 0 Å². The third kappa shape index (κ3) is 5.95. The Morgan fingerprint density at radius 2 is 2.00 bits per heavy atom. The summed E-state index contributed by atoms with van der Waals surface area (Å²) in [5.41, 5.74) is 0.928. The van der Waals surface area contributed by atoms with E-state index in [1.54, 1.807) is 12.4 Å². The highest BCUT2D eigenvalue weighted by Crippen LogP contribution is 2.19. The second-order valence-corrected chi connectivity index (χ2v) is 8.46. The van der Waals surface area contributed by atoms with Crippen LogP contribution >= 0.6 is 0 Å². The molecule has 10 nitrogen and oxygen atoms in total. The van der Waals surface area contributed by atoms with E-state index in [1.165, 1.54) is 9.80 Å². The van der Waals surface area contributed by atoms with Crippen LogP contribution in [0, 0.1) is 5.92 Å². The van der Waals surface area contributed by atoms with Crippen molar-refractivity contribution in [2.75, 3.05) is 59.1 Å². The van der Waals surface area contributed by atoms with Crippen molar-refractivity contribution in [1.29, 1.82) is 0 Å². The molecule has 0 bridgehead atoms. The topological polar surface area (TPSA) is 102 Å². The molecule has 0 N–H and O–H groups in total. The molecule has 0 saturated carbocycles. The summed E-state index contributed by atoms with van der Waals surface area (Å²) in [6, 6.07) is 3.77. The van der Waals surface area contributed by atoms with Gasteiger partial charge in [0.2, 0.25) is 11.8 Å². The summed E-state index contributed by atoms with van der Waals surface area (Å²) in [6.45, 7) is 3.66. The third-order valence-electron chi connectivity index (χ3n) is 6.08. The molecule has 3 fully saturated rings. The minimum Gasteiger partial charge on any atom is -0.448 e. The lowest BCUT2D eigenvalue weighted by molar-refractivity contribution is -0.139. The molecule has 1 aromatic rings. The Kier molecular flexibility index (Phi) is 7.54. The van der Waals surface area contributed by atoms with Crippen molar-refractivity contribution in [2.45, 2.75) is 25.6 Å². The lowest BCUT2D eigenvalue weighted by Crippen LogP contribution is -2.45. The molecule has 3 saturated heterocycles. The van der Waals surface area contributed by atoms with Crippen LogP contribution in [0.2, 0.25) is 0 Å². The summed E-state index contributed by atoms with van der Waals surface area (Å²) < 4.78 is 16.5. The van der Waals surface area contributed by atoms with Crippen LogP contribution < -0.4 is 0 Å². The Labute approximate surface area is 187 Å². The average molecular weight is 447 g/mol. The van der Waals surface area contributed by atoms with Crippen LogP contribution in [-0.2, 0) is 30.4 Å². The molecule has 3 aliphatic rings. The first-order chi connectivity index (χ1) is 15.6. The largest absolute Gasteiger partial charge is 0.448 e. The summed E-state index contributed by atoms with van der Waals surface area (Å²) >= 11 is 0. The predicted octanol–water partition coefficient (Wildman–Crippen LogP) is 0.516. The van der Waals surface area contributed by atoms with Crippen LogP contribution in [-0.4, -0.2) is 103 Å². The fraction of sp³-hybridized carbons (Fsp3) is 0.636. The van der Waals surface area contributed by atoms with Gasteiger partial charge in [-0.3, -0.25) is 19.5 Å². The maximum atomic E-state index is 13.1. The van der Waals surface area contributed by atoms with Crippen LogP contribution in [0.1, 0.15) is 18.4 Å². The molecule has 4 rings (SSSR count). The monoisotopic (exact) mass is 446 g/mol. The van der Waals surface area contributed by atoms with Gasteiger partial charge >= 0.3 is 6.09 Å². The van der Waals surface area contributed by atoms with E-state index in [4.69, 9.17) is 14.2 Å². The number of pyridine rings is 1. The Hall–Kier alpha value is -2.72. The fourth-order valence-corrected chi connectivity index (χ4v) is 4.22. The van der Waals surface area contributed by atoms with Gasteiger partial charge in [-0.05, 0) is 30.4 Å². The number of carbonyl (C=O) groups is 3. The quantitative estimate of drug-likeness (QED) is 0.602. The van der Waals surface area contributed by atoms with Gasteiger partial charge in [-0.25, -0.2) is 4.79 Å². The molecule has 0 aromatic carbocycles. The van der Waals surface area contributed by atoms with Gasteiger partial charge in [0, 0.05) is 45.2 Å². The molecule has 10 heteroatoms. The van der Waals surface area contributed by atoms with E-state index in [-0.39, 0.29) is 44.2 Å². The lowest BCUT2D eigenvalue weighted by Gasteiger charge is -2.30. The first kappa shape index (κ1) is 22.5. The first-order valence-corrected chi connectivity index (χ1v) is 11.1. The Morgan fingerprint density at radius 1 is 1.16 bits per heavy atom. The molecule has 0 aliphatic carbocycles. The van der Waals surface area contributed by atoms with E-state index in [1.807, 2.05) is 17.0 Å². The van der Waals surface area contributed by atoms with Crippen molar-refractivity contribution in [3.8, 4) is 0 Å². The van der Waals surface area contributed by atoms with Crippen molar-refractivity contribution in [3.05, 3.63) is 30.1 Å². The number of hydrogen-bond donors (Lipinski definition) is 0. The van der Waals surface area contributed by atoms with Gasteiger partial charge in [0.1, 0.15) is 13.2 Å². The second kappa shape index (κ2) is 10.7. The molecule has 1 atom stereocenters. The summed E-state index contributed by atoms with van der Waals surface area (Å²) in [5.74, 6) is 0.00899. The maximum absolute atomic E-state index is 13.1. The smallest absolute Gasteiger partial charge is 0.410 e. The van der Waals surface area contributed by atoms with E-state index in [0.29, 0.717) is 45.4 Å². The molecule has 0 spiro atoms. The van der Waals surface area contributed by atoms with Crippen LogP contribution in [0.15, 0.2) is 24.5 Å². The Morgan fingerprint density at radius 3 is 2.72 bits per heavy atom. The molecule has 3 amide bonds. The Balaban J connectivity index is 1.43. The number of hydrogen-bond acceptors (Lipinski definition) is 7. The number of amides is 3. The minimum atomic E-state index is -0.495. The molecular weight excluding hydrogens is 416 g/mol. The number of rotatable bonds is 7. The molecule has 3 aliphatic heterocycles. The molecule has 0 radical (unpaired) electrons. The van der Waals surface area contributed by atoms with Gasteiger partial charge in [0.25, 0.3) is 0 Å². The number of ether oxygens (including phenoxy) is 3. The van der Waals surface area contributed by atoms with Gasteiger partial charge in [-0.2, -0.15) is 0 Å². The molecular formula is C22H30N4O6. The van der Waals surface area contributed by atoms with Gasteiger partial charge in [0.05, 0.1) is 25.8 Å². The highest BCUT2D eigenvalue weighted by atomic mass is 16.6. The fourth-order valence-electron chi connectivity index (χ4n) is 4.22. The number of nitrogens with zero attached hydrogens (tertiary/aromatic N) is 4. The van der Waals surface area contributed by atoms with Crippen molar-refractivity contribution in [2.24, 2.45) is 5.92 Å². The number of cyclic esters (lactones) is 1. The van der Waals surface area contributed by atoms with Gasteiger partial charge < -0.3 is 24.0 Å². The van der Waals surface area contributed by atoms with Crippen molar-refractivity contribution in [1.82, 2.24) is 19.7 Å². The normalized spacial score (nSPS) is 22.8. The maximum Gasteiger partial charge on any atom is 0.410 e. The second-order valence-electron chi connectivity index (χ2n) is 8.46. The lowest BCUT2D eigenvalue weighted by atomic mass is 9.99. The van der Waals surface area contributed by atoms with Gasteiger partial charge in [-0.1, -0.05) is 6.07 Å². The van der Waals surface area contributed by atoms with E-state index in [9.17, 15) is 14.4 Å². The zero-order valence-corrected chi connectivity index (χ0v) is 18.2. The average Bonchev–Trinajstić information content (AvgIpc) is 3.14. The van der Waals surface area contributed by atoms with Crippen molar-refractivity contribution < 1.29 is 28.6 Å². The Bertz CT molecular complexity index is 801. The summed E-state index contributed by atoms with van der Waals surface area (Å²) in [7, 11) is 0. The molecule has 32 heavy (non-hydrogen) atoms. The van der Waals surface area contributed by atoms with Crippen molar-refractivity contribution in [3.63, 3.8) is 0 Å². The van der Waals surface area contributed by atoms with Crippen molar-refractivity contribution >= 4 is 17.9 Å². The highest BCUT2D eigenvalue weighted by molar-refractivity contribution is 5.88. The highest BCUT2D eigenvalue weighted by Gasteiger charge is 2.34. The standard InChI is InChI=1S/C22H30N4O6/c27-20(14-24-6-9-31-22(24)29)26-13-19(32-16-18-2-1-5-23-10-18)12-25(21(28)15-26)11-17-3-7-30-8-4-17/h1-2,5,10,17,19H,3-4,6-9,11-16H2/t19-/m0/s1. The third-order valence-corrected chi connectivity index (χ3v) is 6.08. The van der Waals surface area contributed by atoms with E-state index in [2.05, 4.69) is 4.98 Å². The summed E-state index contributed by atoms with van der Waals surface area (Å²) in [5, 5.41) is 0. The van der Waals surface area contributed by atoms with E-state index < -0.39 is 6.09 Å². The molecule has 1 aromatic heterocycles. The van der Waals surface area contributed by atoms with E-state index in [0.717, 1.165) is 18.4 Å². The minimum absolute atomic E-state index is 0.0162. The number of aromatic nitrogens is 1.